The topological polar surface area (TPSA) is 35.5 Å². The summed E-state index contributed by atoms with van der Waals surface area (Å²) in [5, 5.41) is 0. The van der Waals surface area contributed by atoms with E-state index in [0.29, 0.717) is 44.1 Å². The van der Waals surface area contributed by atoms with E-state index in [9.17, 15) is 18.0 Å². The van der Waals surface area contributed by atoms with Crippen LogP contribution < -0.4 is 4.74 Å². The van der Waals surface area contributed by atoms with Crippen molar-refractivity contribution in [1.29, 1.82) is 0 Å². The SMILES string of the molecule is C#CCC(CC#C)COC(=O)CCC/C=C\C[C@H]1CCC[C@@H]1/C=C/CCOc1cccc(C(F)(F)F)c1. The van der Waals surface area contributed by atoms with Crippen LogP contribution in [0.3, 0.4) is 0 Å². The first-order valence-electron chi connectivity index (χ1n) is 13.0. The Morgan fingerprint density at radius 2 is 1.89 bits per heavy atom. The van der Waals surface area contributed by atoms with E-state index >= 15 is 0 Å². The number of hydrogen-bond acceptors (Lipinski definition) is 3. The van der Waals surface area contributed by atoms with E-state index in [-0.39, 0.29) is 24.2 Å². The van der Waals surface area contributed by atoms with Crippen LogP contribution in [0.2, 0.25) is 0 Å². The molecule has 1 saturated carbocycles. The van der Waals surface area contributed by atoms with Gasteiger partial charge in [-0.3, -0.25) is 4.79 Å². The van der Waals surface area contributed by atoms with Gasteiger partial charge in [-0.15, -0.1) is 24.7 Å². The minimum atomic E-state index is -4.37. The Morgan fingerprint density at radius 1 is 1.11 bits per heavy atom. The van der Waals surface area contributed by atoms with Crippen LogP contribution in [-0.2, 0) is 15.7 Å². The van der Waals surface area contributed by atoms with Gasteiger partial charge in [-0.2, -0.15) is 13.2 Å². The van der Waals surface area contributed by atoms with Crippen molar-refractivity contribution in [1.82, 2.24) is 0 Å². The van der Waals surface area contributed by atoms with Crippen LogP contribution in [0.25, 0.3) is 0 Å². The fourth-order valence-electron chi connectivity index (χ4n) is 4.45. The molecule has 0 bridgehead atoms. The molecule has 0 heterocycles. The molecule has 3 nitrogen and oxygen atoms in total. The summed E-state index contributed by atoms with van der Waals surface area (Å²) in [5.74, 6) is 6.26. The molecule has 0 unspecified atom stereocenters. The number of alkyl halides is 3. The lowest BCUT2D eigenvalue weighted by molar-refractivity contribution is -0.145. The summed E-state index contributed by atoms with van der Waals surface area (Å²) in [7, 11) is 0. The Kier molecular flexibility index (Phi) is 13.5. The Bertz CT molecular complexity index is 949. The van der Waals surface area contributed by atoms with Crippen LogP contribution in [0.5, 0.6) is 5.75 Å². The number of carbonyl (C=O) groups is 1. The summed E-state index contributed by atoms with van der Waals surface area (Å²) >= 11 is 0. The van der Waals surface area contributed by atoms with E-state index in [4.69, 9.17) is 22.3 Å². The molecule has 1 aromatic carbocycles. The minimum Gasteiger partial charge on any atom is -0.493 e. The predicted octanol–water partition coefficient (Wildman–Crippen LogP) is 7.77. The van der Waals surface area contributed by atoms with Crippen LogP contribution in [0.15, 0.2) is 48.6 Å². The molecule has 1 aromatic rings. The van der Waals surface area contributed by atoms with Gasteiger partial charge in [-0.1, -0.05) is 36.8 Å². The van der Waals surface area contributed by atoms with Crippen LogP contribution >= 0.6 is 0 Å². The van der Waals surface area contributed by atoms with Crippen LogP contribution in [-0.4, -0.2) is 19.2 Å². The number of carbonyl (C=O) groups excluding carboxylic acids is 1. The number of hydrogen-bond donors (Lipinski definition) is 0. The highest BCUT2D eigenvalue weighted by Gasteiger charge is 2.30. The Labute approximate surface area is 219 Å². The van der Waals surface area contributed by atoms with E-state index in [0.717, 1.165) is 37.8 Å². The smallest absolute Gasteiger partial charge is 0.416 e. The number of unbranched alkanes of at least 4 members (excludes halogenated alkanes) is 1. The third-order valence-electron chi connectivity index (χ3n) is 6.47. The number of halogens is 3. The standard InChI is InChI=1S/C31H37F3O3/c1-3-13-25(14-4-2)24-37-30(35)21-8-6-5-7-15-26-17-11-18-27(26)16-9-10-22-36-29-20-12-19-28(23-29)31(32,33)34/h1-2,5,7,9,12,16,19-20,23,25-27H,6,8,10-11,13-15,17-18,21-22,24H2/b7-5-,16-9+/t26-,27-/m0/s1. The van der Waals surface area contributed by atoms with E-state index in [1.165, 1.54) is 18.9 Å². The van der Waals surface area contributed by atoms with E-state index < -0.39 is 11.7 Å². The lowest BCUT2D eigenvalue weighted by Crippen LogP contribution is -2.13. The molecule has 0 spiro atoms. The summed E-state index contributed by atoms with van der Waals surface area (Å²) in [6.07, 6.45) is 23.0. The molecular weight excluding hydrogens is 477 g/mol. The van der Waals surface area contributed by atoms with Crippen molar-refractivity contribution in [2.45, 2.75) is 70.4 Å². The van der Waals surface area contributed by atoms with E-state index in [1.807, 2.05) is 0 Å². The fourth-order valence-corrected chi connectivity index (χ4v) is 4.45. The van der Waals surface area contributed by atoms with Gasteiger partial charge in [0.1, 0.15) is 5.75 Å². The van der Waals surface area contributed by atoms with Crippen LogP contribution in [0.4, 0.5) is 13.2 Å². The van der Waals surface area contributed by atoms with Gasteiger partial charge in [0.25, 0.3) is 0 Å². The van der Waals surface area contributed by atoms with Gasteiger partial charge in [-0.25, -0.2) is 0 Å². The molecule has 0 radical (unpaired) electrons. The number of allylic oxidation sites excluding steroid dienone is 3. The molecule has 0 aliphatic heterocycles. The molecule has 0 saturated heterocycles. The number of rotatable bonds is 15. The molecule has 0 aromatic heterocycles. The number of benzene rings is 1. The molecule has 1 fully saturated rings. The molecule has 0 amide bonds. The first-order chi connectivity index (χ1) is 17.8. The molecular formula is C31H37F3O3. The molecule has 2 rings (SSSR count). The van der Waals surface area contributed by atoms with Gasteiger partial charge in [0.15, 0.2) is 0 Å². The van der Waals surface area contributed by atoms with Crippen molar-refractivity contribution < 1.29 is 27.4 Å². The van der Waals surface area contributed by atoms with Gasteiger partial charge >= 0.3 is 12.1 Å². The van der Waals surface area contributed by atoms with Crippen molar-refractivity contribution in [3.8, 4) is 30.4 Å². The number of ether oxygens (including phenoxy) is 2. The summed E-state index contributed by atoms with van der Waals surface area (Å²) in [6, 6.07) is 4.97. The van der Waals surface area contributed by atoms with Gasteiger partial charge in [0.2, 0.25) is 0 Å². The maximum absolute atomic E-state index is 12.8. The maximum Gasteiger partial charge on any atom is 0.416 e. The predicted molar refractivity (Wildman–Crippen MR) is 140 cm³/mol. The van der Waals surface area contributed by atoms with Crippen molar-refractivity contribution in [3.63, 3.8) is 0 Å². The quantitative estimate of drug-likeness (QED) is 0.104. The lowest BCUT2D eigenvalue weighted by atomic mass is 9.92. The lowest BCUT2D eigenvalue weighted by Gasteiger charge is -2.14. The summed E-state index contributed by atoms with van der Waals surface area (Å²) < 4.78 is 49.2. The zero-order valence-corrected chi connectivity index (χ0v) is 21.3. The van der Waals surface area contributed by atoms with E-state index in [1.54, 1.807) is 6.07 Å². The summed E-state index contributed by atoms with van der Waals surface area (Å²) in [4.78, 5) is 11.9. The minimum absolute atomic E-state index is 0.0233. The van der Waals surface area contributed by atoms with Crippen molar-refractivity contribution in [2.24, 2.45) is 17.8 Å². The second kappa shape index (κ2) is 16.6. The van der Waals surface area contributed by atoms with Crippen molar-refractivity contribution >= 4 is 5.97 Å². The van der Waals surface area contributed by atoms with Gasteiger partial charge < -0.3 is 9.47 Å². The molecule has 1 aliphatic carbocycles. The zero-order valence-electron chi connectivity index (χ0n) is 21.3. The van der Waals surface area contributed by atoms with Crippen molar-refractivity contribution in [3.05, 3.63) is 54.1 Å². The largest absolute Gasteiger partial charge is 0.493 e. The average Bonchev–Trinajstić information content (AvgIpc) is 3.31. The first kappa shape index (κ1) is 30.1. The monoisotopic (exact) mass is 514 g/mol. The van der Waals surface area contributed by atoms with Crippen molar-refractivity contribution in [2.75, 3.05) is 13.2 Å². The summed E-state index contributed by atoms with van der Waals surface area (Å²) in [5.41, 5.74) is -0.701. The highest BCUT2D eigenvalue weighted by Crippen LogP contribution is 2.35. The zero-order chi connectivity index (χ0) is 26.9. The third-order valence-corrected chi connectivity index (χ3v) is 6.47. The summed E-state index contributed by atoms with van der Waals surface area (Å²) in [6.45, 7) is 0.614. The highest BCUT2D eigenvalue weighted by molar-refractivity contribution is 5.69. The molecule has 0 N–H and O–H groups in total. The second-order valence-corrected chi connectivity index (χ2v) is 9.41. The van der Waals surface area contributed by atoms with Crippen LogP contribution in [0, 0.1) is 42.4 Å². The second-order valence-electron chi connectivity index (χ2n) is 9.41. The highest BCUT2D eigenvalue weighted by atomic mass is 19.4. The van der Waals surface area contributed by atoms with Gasteiger partial charge in [0.05, 0.1) is 18.8 Å². The Morgan fingerprint density at radius 3 is 2.62 bits per heavy atom. The molecule has 200 valence electrons. The molecule has 2 atom stereocenters. The Balaban J connectivity index is 1.61. The average molecular weight is 515 g/mol. The van der Waals surface area contributed by atoms with Gasteiger partial charge in [0, 0.05) is 25.2 Å². The molecule has 1 aliphatic rings. The van der Waals surface area contributed by atoms with Gasteiger partial charge in [-0.05, 0) is 68.6 Å². The third kappa shape index (κ3) is 12.1. The normalized spacial score (nSPS) is 17.8. The number of terminal acetylenes is 2. The molecule has 6 heteroatoms. The fraction of sp³-hybridized carbons (Fsp3) is 0.516. The first-order valence-corrected chi connectivity index (χ1v) is 13.0. The van der Waals surface area contributed by atoms with E-state index in [2.05, 4.69) is 36.1 Å². The maximum atomic E-state index is 12.8. The van der Waals surface area contributed by atoms with Crippen LogP contribution in [0.1, 0.15) is 69.8 Å². The molecule has 37 heavy (non-hydrogen) atoms. The number of esters is 1. The Hall–Kier alpha value is -3.12.